The highest BCUT2D eigenvalue weighted by molar-refractivity contribution is 7.83. The van der Waals surface area contributed by atoms with Gasteiger partial charge in [-0.2, -0.15) is 0 Å². The normalized spacial score (nSPS) is 14.0. The molecule has 2 aromatic rings. The number of aryl methyl sites for hydroxylation is 1. The predicted molar refractivity (Wildman–Crippen MR) is 77.0 cm³/mol. The zero-order valence-electron chi connectivity index (χ0n) is 10.7. The molecule has 0 aliphatic carbocycles. The molecule has 0 fully saturated rings. The first-order valence-electron chi connectivity index (χ1n) is 6.11. The Bertz CT molecular complexity index is 540. The molecule has 2 atom stereocenters. The smallest absolute Gasteiger partial charge is 0.125 e. The van der Waals surface area contributed by atoms with E-state index in [1.54, 1.807) is 0 Å². The minimum Gasteiger partial charge on any atom is -0.394 e. The lowest BCUT2D eigenvalue weighted by Gasteiger charge is -2.16. The summed E-state index contributed by atoms with van der Waals surface area (Å²) in [7, 11) is -1.33. The molecule has 19 heavy (non-hydrogen) atoms. The first-order valence-corrected chi connectivity index (χ1v) is 7.26. The number of benzene rings is 2. The van der Waals surface area contributed by atoms with Crippen molar-refractivity contribution >= 4 is 11.0 Å². The first-order chi connectivity index (χ1) is 9.20. The molecular formula is C15H17NO2S. The Morgan fingerprint density at radius 1 is 1.11 bits per heavy atom. The fraction of sp³-hybridized carbons (Fsp3) is 0.200. The Morgan fingerprint density at radius 2 is 1.74 bits per heavy atom. The highest BCUT2D eigenvalue weighted by atomic mass is 32.2. The summed E-state index contributed by atoms with van der Waals surface area (Å²) in [5, 5.41) is 9.42. The average molecular weight is 275 g/mol. The van der Waals surface area contributed by atoms with Crippen molar-refractivity contribution in [1.82, 2.24) is 4.72 Å². The highest BCUT2D eigenvalue weighted by Crippen LogP contribution is 2.15. The summed E-state index contributed by atoms with van der Waals surface area (Å²) in [6, 6.07) is 16.7. The van der Waals surface area contributed by atoms with E-state index in [2.05, 4.69) is 4.72 Å². The molecule has 2 N–H and O–H groups in total. The first kappa shape index (κ1) is 13.9. The third kappa shape index (κ3) is 3.73. The molecule has 4 heteroatoms. The van der Waals surface area contributed by atoms with E-state index < -0.39 is 11.0 Å². The summed E-state index contributed by atoms with van der Waals surface area (Å²) in [6.45, 7) is 1.89. The molecule has 2 rings (SSSR count). The lowest BCUT2D eigenvalue weighted by Crippen LogP contribution is -2.26. The fourth-order valence-corrected chi connectivity index (χ4v) is 2.74. The van der Waals surface area contributed by atoms with Crippen LogP contribution in [0.3, 0.4) is 0 Å². The summed E-state index contributed by atoms with van der Waals surface area (Å²) in [5.74, 6) is 0. The van der Waals surface area contributed by atoms with Gasteiger partial charge in [-0.05, 0) is 24.6 Å². The van der Waals surface area contributed by atoms with E-state index in [-0.39, 0.29) is 12.6 Å². The number of hydrogen-bond donors (Lipinski definition) is 2. The lowest BCUT2D eigenvalue weighted by molar-refractivity contribution is 0.260. The maximum Gasteiger partial charge on any atom is 0.125 e. The van der Waals surface area contributed by atoms with E-state index >= 15 is 0 Å². The van der Waals surface area contributed by atoms with Gasteiger partial charge in [0.25, 0.3) is 0 Å². The topological polar surface area (TPSA) is 49.3 Å². The van der Waals surface area contributed by atoms with Crippen molar-refractivity contribution in [2.45, 2.75) is 17.9 Å². The maximum atomic E-state index is 12.2. The van der Waals surface area contributed by atoms with Crippen molar-refractivity contribution in [2.24, 2.45) is 0 Å². The Balaban J connectivity index is 2.10. The summed E-state index contributed by atoms with van der Waals surface area (Å²) in [4.78, 5) is 0.708. The van der Waals surface area contributed by atoms with Crippen LogP contribution in [0.4, 0.5) is 0 Å². The summed E-state index contributed by atoms with van der Waals surface area (Å²) >= 11 is 0. The number of rotatable bonds is 5. The van der Waals surface area contributed by atoms with Crippen molar-refractivity contribution in [1.29, 1.82) is 0 Å². The van der Waals surface area contributed by atoms with E-state index in [1.807, 2.05) is 61.5 Å². The van der Waals surface area contributed by atoms with Crippen LogP contribution < -0.4 is 4.72 Å². The number of hydrogen-bond acceptors (Lipinski definition) is 2. The third-order valence-corrected chi connectivity index (χ3v) is 4.07. The van der Waals surface area contributed by atoms with E-state index in [0.717, 1.165) is 11.1 Å². The fourth-order valence-electron chi connectivity index (χ4n) is 1.76. The summed E-state index contributed by atoms with van der Waals surface area (Å²) < 4.78 is 15.1. The van der Waals surface area contributed by atoms with Crippen molar-refractivity contribution in [3.63, 3.8) is 0 Å². The van der Waals surface area contributed by atoms with Gasteiger partial charge >= 0.3 is 0 Å². The van der Waals surface area contributed by atoms with Crippen LogP contribution >= 0.6 is 0 Å². The molecule has 0 aliphatic rings. The molecule has 100 valence electrons. The van der Waals surface area contributed by atoms with E-state index in [9.17, 15) is 9.32 Å². The maximum absolute atomic E-state index is 12.2. The minimum absolute atomic E-state index is 0.0956. The lowest BCUT2D eigenvalue weighted by atomic mass is 10.1. The zero-order chi connectivity index (χ0) is 13.7. The van der Waals surface area contributed by atoms with Gasteiger partial charge < -0.3 is 5.11 Å². The van der Waals surface area contributed by atoms with Gasteiger partial charge in [0.15, 0.2) is 0 Å². The SMILES string of the molecule is Cc1ccc([S@](=O)N[C@@H](CO)c2ccccc2)cc1. The Morgan fingerprint density at radius 3 is 2.32 bits per heavy atom. The van der Waals surface area contributed by atoms with Gasteiger partial charge in [0.05, 0.1) is 17.5 Å². The van der Waals surface area contributed by atoms with Gasteiger partial charge in [-0.15, -0.1) is 0 Å². The molecule has 0 aliphatic heterocycles. The van der Waals surface area contributed by atoms with Gasteiger partial charge in [-0.3, -0.25) is 0 Å². The van der Waals surface area contributed by atoms with Crippen molar-refractivity contribution in [3.05, 3.63) is 65.7 Å². The Hall–Kier alpha value is -1.49. The van der Waals surface area contributed by atoms with Gasteiger partial charge in [-0.25, -0.2) is 8.93 Å². The molecule has 2 aromatic carbocycles. The third-order valence-electron chi connectivity index (χ3n) is 2.87. The quantitative estimate of drug-likeness (QED) is 0.880. The molecule has 0 aromatic heterocycles. The van der Waals surface area contributed by atoms with E-state index in [0.29, 0.717) is 4.90 Å². The van der Waals surface area contributed by atoms with E-state index in [4.69, 9.17) is 0 Å². The average Bonchev–Trinajstić information content (AvgIpc) is 2.46. The van der Waals surface area contributed by atoms with Crippen LogP contribution in [-0.2, 0) is 11.0 Å². The predicted octanol–water partition coefficient (Wildman–Crippen LogP) is 2.34. The summed E-state index contributed by atoms with van der Waals surface area (Å²) in [5.41, 5.74) is 2.05. The minimum atomic E-state index is -1.33. The number of aliphatic hydroxyl groups excluding tert-OH is 1. The second-order valence-electron chi connectivity index (χ2n) is 4.35. The van der Waals surface area contributed by atoms with Gasteiger partial charge in [0.1, 0.15) is 11.0 Å². The molecule has 3 nitrogen and oxygen atoms in total. The molecule has 0 bridgehead atoms. The van der Waals surface area contributed by atoms with Crippen molar-refractivity contribution in [2.75, 3.05) is 6.61 Å². The highest BCUT2D eigenvalue weighted by Gasteiger charge is 2.13. The number of nitrogens with one attached hydrogen (secondary N) is 1. The molecule has 0 heterocycles. The van der Waals surface area contributed by atoms with Gasteiger partial charge in [0, 0.05) is 0 Å². The molecular weight excluding hydrogens is 258 g/mol. The van der Waals surface area contributed by atoms with Crippen LogP contribution in [0.25, 0.3) is 0 Å². The second-order valence-corrected chi connectivity index (χ2v) is 5.59. The number of aliphatic hydroxyl groups is 1. The molecule has 0 unspecified atom stereocenters. The molecule has 0 spiro atoms. The zero-order valence-corrected chi connectivity index (χ0v) is 11.6. The summed E-state index contributed by atoms with van der Waals surface area (Å²) in [6.07, 6.45) is 0. The van der Waals surface area contributed by atoms with Crippen LogP contribution in [0, 0.1) is 6.92 Å². The Labute approximate surface area is 115 Å². The van der Waals surface area contributed by atoms with Crippen molar-refractivity contribution < 1.29 is 9.32 Å². The van der Waals surface area contributed by atoms with Crippen LogP contribution in [0.15, 0.2) is 59.5 Å². The largest absolute Gasteiger partial charge is 0.394 e. The monoisotopic (exact) mass is 275 g/mol. The van der Waals surface area contributed by atoms with Crippen LogP contribution in [0.5, 0.6) is 0 Å². The molecule has 0 saturated carbocycles. The van der Waals surface area contributed by atoms with Crippen molar-refractivity contribution in [3.8, 4) is 0 Å². The van der Waals surface area contributed by atoms with E-state index in [1.165, 1.54) is 0 Å². The van der Waals surface area contributed by atoms with Gasteiger partial charge in [-0.1, -0.05) is 48.0 Å². The van der Waals surface area contributed by atoms with Crippen LogP contribution in [-0.4, -0.2) is 15.9 Å². The van der Waals surface area contributed by atoms with Crippen LogP contribution in [0.2, 0.25) is 0 Å². The van der Waals surface area contributed by atoms with Gasteiger partial charge in [0.2, 0.25) is 0 Å². The second kappa shape index (κ2) is 6.61. The van der Waals surface area contributed by atoms with Crippen LogP contribution in [0.1, 0.15) is 17.2 Å². The molecule has 0 amide bonds. The molecule has 0 saturated heterocycles. The molecule has 0 radical (unpaired) electrons. The Kier molecular flexibility index (Phi) is 4.85. The standard InChI is InChI=1S/C15H17NO2S/c1-12-7-9-14(10-8-12)19(18)16-15(11-17)13-5-3-2-4-6-13/h2-10,15-17H,11H2,1H3/t15-,19-/m0/s1.